The average Bonchev–Trinajstić information content (AvgIpc) is 2.73. The number of piperidine rings is 1. The number of anilines is 1. The Bertz CT molecular complexity index is 715. The first-order chi connectivity index (χ1) is 13.1. The van der Waals surface area contributed by atoms with Crippen molar-refractivity contribution in [2.75, 3.05) is 37.7 Å². The van der Waals surface area contributed by atoms with Crippen molar-refractivity contribution in [1.29, 1.82) is 0 Å². The number of amides is 1. The van der Waals surface area contributed by atoms with E-state index in [1.54, 1.807) is 12.1 Å². The van der Waals surface area contributed by atoms with Crippen LogP contribution < -0.4 is 4.90 Å². The van der Waals surface area contributed by atoms with Crippen molar-refractivity contribution >= 4 is 17.3 Å². The molecule has 0 radical (unpaired) electrons. The maximum atomic E-state index is 13.2. The van der Waals surface area contributed by atoms with E-state index in [0.717, 1.165) is 19.4 Å². The van der Waals surface area contributed by atoms with Crippen LogP contribution in [0.4, 0.5) is 11.4 Å². The monoisotopic (exact) mass is 373 g/mol. The fourth-order valence-electron chi connectivity index (χ4n) is 4.92. The molecule has 0 N–H and O–H groups in total. The molecule has 146 valence electrons. The number of fused-ring (bicyclic) bond motifs is 1. The van der Waals surface area contributed by atoms with Crippen LogP contribution in [-0.4, -0.2) is 54.6 Å². The number of nitro groups is 1. The topological polar surface area (TPSA) is 75.9 Å². The van der Waals surface area contributed by atoms with Crippen molar-refractivity contribution in [3.63, 3.8) is 0 Å². The van der Waals surface area contributed by atoms with Gasteiger partial charge in [0.2, 0.25) is 0 Å². The highest BCUT2D eigenvalue weighted by atomic mass is 16.6. The second-order valence-corrected chi connectivity index (χ2v) is 7.81. The molecule has 1 aromatic carbocycles. The van der Waals surface area contributed by atoms with Crippen LogP contribution in [0.2, 0.25) is 0 Å². The molecule has 3 fully saturated rings. The lowest BCUT2D eigenvalue weighted by atomic mass is 9.78. The lowest BCUT2D eigenvalue weighted by Gasteiger charge is -2.44. The van der Waals surface area contributed by atoms with Crippen LogP contribution in [0, 0.1) is 16.0 Å². The molecule has 2 aliphatic heterocycles. The molecule has 1 aromatic rings. The van der Waals surface area contributed by atoms with Gasteiger partial charge < -0.3 is 14.5 Å². The summed E-state index contributed by atoms with van der Waals surface area (Å²) >= 11 is 0. The molecular weight excluding hydrogens is 346 g/mol. The van der Waals surface area contributed by atoms with Crippen molar-refractivity contribution in [1.82, 2.24) is 4.90 Å². The fraction of sp³-hybridized carbons (Fsp3) is 0.650. The van der Waals surface area contributed by atoms with Crippen LogP contribution in [0.5, 0.6) is 0 Å². The minimum Gasteiger partial charge on any atom is -0.378 e. The van der Waals surface area contributed by atoms with Crippen LogP contribution in [0.25, 0.3) is 0 Å². The van der Waals surface area contributed by atoms with Gasteiger partial charge in [-0.2, -0.15) is 0 Å². The number of ether oxygens (including phenoxy) is 1. The van der Waals surface area contributed by atoms with Crippen LogP contribution in [0.3, 0.4) is 0 Å². The predicted molar refractivity (Wildman–Crippen MR) is 102 cm³/mol. The van der Waals surface area contributed by atoms with Gasteiger partial charge in [0.25, 0.3) is 11.6 Å². The predicted octanol–water partition coefficient (Wildman–Crippen LogP) is 3.23. The molecular formula is C20H27N3O4. The molecule has 2 saturated heterocycles. The van der Waals surface area contributed by atoms with E-state index in [-0.39, 0.29) is 16.5 Å². The third-order valence-corrected chi connectivity index (χ3v) is 6.27. The van der Waals surface area contributed by atoms with Gasteiger partial charge in [-0.1, -0.05) is 12.8 Å². The van der Waals surface area contributed by atoms with E-state index < -0.39 is 0 Å². The minimum atomic E-state index is -0.374. The fourth-order valence-corrected chi connectivity index (χ4v) is 4.92. The van der Waals surface area contributed by atoms with E-state index in [1.165, 1.54) is 31.7 Å². The second-order valence-electron chi connectivity index (χ2n) is 7.81. The SMILES string of the molecule is O=C(c1ccc(N2CCOCC2)c([N+](=O)[O-])c1)N1CCCC2CCCCC21. The van der Waals surface area contributed by atoms with Gasteiger partial charge in [0.15, 0.2) is 0 Å². The number of nitrogens with zero attached hydrogens (tertiary/aromatic N) is 3. The summed E-state index contributed by atoms with van der Waals surface area (Å²) in [7, 11) is 0. The van der Waals surface area contributed by atoms with Gasteiger partial charge in [0.1, 0.15) is 5.69 Å². The van der Waals surface area contributed by atoms with Gasteiger partial charge in [-0.3, -0.25) is 14.9 Å². The number of rotatable bonds is 3. The van der Waals surface area contributed by atoms with E-state index in [4.69, 9.17) is 4.74 Å². The van der Waals surface area contributed by atoms with Crippen LogP contribution in [-0.2, 0) is 4.74 Å². The number of nitro benzene ring substituents is 1. The number of morpholine rings is 1. The van der Waals surface area contributed by atoms with E-state index >= 15 is 0 Å². The van der Waals surface area contributed by atoms with Crippen LogP contribution in [0.15, 0.2) is 18.2 Å². The second kappa shape index (κ2) is 7.84. The number of hydrogen-bond donors (Lipinski definition) is 0. The molecule has 1 saturated carbocycles. The van der Waals surface area contributed by atoms with Gasteiger partial charge >= 0.3 is 0 Å². The van der Waals surface area contributed by atoms with Gasteiger partial charge in [0.05, 0.1) is 18.1 Å². The number of carbonyl (C=O) groups excluding carboxylic acids is 1. The van der Waals surface area contributed by atoms with Crippen LogP contribution >= 0.6 is 0 Å². The number of benzene rings is 1. The third kappa shape index (κ3) is 3.65. The molecule has 0 spiro atoms. The highest BCUT2D eigenvalue weighted by Gasteiger charge is 2.36. The summed E-state index contributed by atoms with van der Waals surface area (Å²) in [5.74, 6) is 0.544. The molecule has 4 rings (SSSR count). The Labute approximate surface area is 159 Å². The summed E-state index contributed by atoms with van der Waals surface area (Å²) in [6, 6.07) is 5.27. The zero-order chi connectivity index (χ0) is 18.8. The lowest BCUT2D eigenvalue weighted by Crippen LogP contribution is -2.49. The Kier molecular flexibility index (Phi) is 5.29. The van der Waals surface area contributed by atoms with Gasteiger partial charge in [0, 0.05) is 37.3 Å². The van der Waals surface area contributed by atoms with Crippen molar-refractivity contribution in [2.24, 2.45) is 5.92 Å². The molecule has 1 amide bonds. The summed E-state index contributed by atoms with van der Waals surface area (Å²) in [6.45, 7) is 3.15. The molecule has 27 heavy (non-hydrogen) atoms. The van der Waals surface area contributed by atoms with E-state index in [9.17, 15) is 14.9 Å². The molecule has 7 nitrogen and oxygen atoms in total. The zero-order valence-electron chi connectivity index (χ0n) is 15.6. The molecule has 3 aliphatic rings. The highest BCUT2D eigenvalue weighted by molar-refractivity contribution is 5.96. The van der Waals surface area contributed by atoms with Gasteiger partial charge in [-0.15, -0.1) is 0 Å². The van der Waals surface area contributed by atoms with Crippen molar-refractivity contribution in [3.05, 3.63) is 33.9 Å². The Morgan fingerprint density at radius 3 is 2.59 bits per heavy atom. The van der Waals surface area contributed by atoms with E-state index in [1.807, 2.05) is 9.80 Å². The molecule has 2 atom stereocenters. The number of carbonyl (C=O) groups is 1. The molecule has 7 heteroatoms. The normalized spacial score (nSPS) is 25.8. The number of hydrogen-bond acceptors (Lipinski definition) is 5. The van der Waals surface area contributed by atoms with Crippen molar-refractivity contribution in [3.8, 4) is 0 Å². The maximum Gasteiger partial charge on any atom is 0.293 e. The average molecular weight is 373 g/mol. The molecule has 1 aliphatic carbocycles. The third-order valence-electron chi connectivity index (χ3n) is 6.27. The quantitative estimate of drug-likeness (QED) is 0.601. The number of likely N-dealkylation sites (tertiary alicyclic amines) is 1. The Morgan fingerprint density at radius 2 is 1.81 bits per heavy atom. The van der Waals surface area contributed by atoms with Gasteiger partial charge in [-0.25, -0.2) is 0 Å². The standard InChI is InChI=1S/C20H27N3O4/c24-20(22-9-3-5-15-4-1-2-6-17(15)22)16-7-8-18(19(14-16)23(25)26)21-10-12-27-13-11-21/h7-8,14-15,17H,1-6,9-13H2. The summed E-state index contributed by atoms with van der Waals surface area (Å²) in [4.78, 5) is 28.4. The first-order valence-corrected chi connectivity index (χ1v) is 10.1. The molecule has 2 heterocycles. The molecule has 0 bridgehead atoms. The summed E-state index contributed by atoms with van der Waals surface area (Å²) < 4.78 is 5.34. The lowest BCUT2D eigenvalue weighted by molar-refractivity contribution is -0.384. The minimum absolute atomic E-state index is 0.0138. The first-order valence-electron chi connectivity index (χ1n) is 10.1. The van der Waals surface area contributed by atoms with Crippen molar-refractivity contribution in [2.45, 2.75) is 44.6 Å². The first kappa shape index (κ1) is 18.2. The summed E-state index contributed by atoms with van der Waals surface area (Å²) in [5, 5.41) is 11.7. The van der Waals surface area contributed by atoms with E-state index in [0.29, 0.717) is 49.5 Å². The van der Waals surface area contributed by atoms with Crippen LogP contribution in [0.1, 0.15) is 48.9 Å². The Balaban J connectivity index is 1.60. The molecule has 0 aromatic heterocycles. The smallest absolute Gasteiger partial charge is 0.293 e. The largest absolute Gasteiger partial charge is 0.378 e. The summed E-state index contributed by atoms with van der Waals surface area (Å²) in [5.41, 5.74) is 1.03. The van der Waals surface area contributed by atoms with Crippen molar-refractivity contribution < 1.29 is 14.5 Å². The Hall–Kier alpha value is -2.15. The zero-order valence-corrected chi connectivity index (χ0v) is 15.6. The van der Waals surface area contributed by atoms with E-state index in [2.05, 4.69) is 0 Å². The highest BCUT2D eigenvalue weighted by Crippen LogP contribution is 2.37. The Morgan fingerprint density at radius 1 is 1.07 bits per heavy atom. The summed E-state index contributed by atoms with van der Waals surface area (Å²) in [6.07, 6.45) is 6.91. The molecule has 2 unspecified atom stereocenters. The maximum absolute atomic E-state index is 13.2. The van der Waals surface area contributed by atoms with Gasteiger partial charge in [-0.05, 0) is 43.7 Å².